The van der Waals surface area contributed by atoms with Gasteiger partial charge in [0.1, 0.15) is 5.82 Å². The fourth-order valence-electron chi connectivity index (χ4n) is 3.68. The summed E-state index contributed by atoms with van der Waals surface area (Å²) in [6, 6.07) is 19.2. The topological polar surface area (TPSA) is 59.8 Å². The third-order valence-electron chi connectivity index (χ3n) is 5.29. The van der Waals surface area contributed by atoms with E-state index in [1.165, 1.54) is 0 Å². The number of para-hydroxylation sites is 1. The molecule has 0 aliphatic rings. The Balaban J connectivity index is 1.72. The predicted molar refractivity (Wildman–Crippen MR) is 124 cm³/mol. The van der Waals surface area contributed by atoms with Gasteiger partial charge in [-0.05, 0) is 42.3 Å². The Morgan fingerprint density at radius 3 is 2.68 bits per heavy atom. The van der Waals surface area contributed by atoms with E-state index in [0.717, 1.165) is 47.4 Å². The molecule has 0 saturated carbocycles. The largest absolute Gasteiger partial charge is 0.346 e. The third kappa shape index (κ3) is 4.78. The summed E-state index contributed by atoms with van der Waals surface area (Å²) in [5.41, 5.74) is 4.09. The molecule has 2 aromatic carbocycles. The second kappa shape index (κ2) is 9.75. The number of aromatic nitrogens is 3. The SMILES string of the molecule is CCCCc1nc2cccc(C(=O)NCc3ccccn3)c2n1Cc1ccccc1Cl. The van der Waals surface area contributed by atoms with Crippen LogP contribution in [-0.4, -0.2) is 20.4 Å². The summed E-state index contributed by atoms with van der Waals surface area (Å²) >= 11 is 6.45. The van der Waals surface area contributed by atoms with E-state index in [9.17, 15) is 4.79 Å². The molecule has 0 fully saturated rings. The van der Waals surface area contributed by atoms with Crippen LogP contribution < -0.4 is 5.32 Å². The van der Waals surface area contributed by atoms with Crippen LogP contribution in [0.15, 0.2) is 66.9 Å². The molecule has 5 nitrogen and oxygen atoms in total. The number of amides is 1. The van der Waals surface area contributed by atoms with Crippen molar-refractivity contribution in [2.24, 2.45) is 0 Å². The molecule has 1 amide bonds. The van der Waals surface area contributed by atoms with E-state index in [4.69, 9.17) is 16.6 Å². The number of pyridine rings is 1. The first-order valence-electron chi connectivity index (χ1n) is 10.6. The van der Waals surface area contributed by atoms with Crippen molar-refractivity contribution in [1.82, 2.24) is 19.9 Å². The van der Waals surface area contributed by atoms with Crippen molar-refractivity contribution in [3.63, 3.8) is 0 Å². The molecule has 2 aromatic heterocycles. The van der Waals surface area contributed by atoms with E-state index in [2.05, 4.69) is 21.8 Å². The fraction of sp³-hybridized carbons (Fsp3) is 0.240. The lowest BCUT2D eigenvalue weighted by molar-refractivity contribution is 0.0951. The summed E-state index contributed by atoms with van der Waals surface area (Å²) in [5.74, 6) is 0.834. The summed E-state index contributed by atoms with van der Waals surface area (Å²) < 4.78 is 2.14. The van der Waals surface area contributed by atoms with Crippen molar-refractivity contribution in [1.29, 1.82) is 0 Å². The van der Waals surface area contributed by atoms with Gasteiger partial charge >= 0.3 is 0 Å². The smallest absolute Gasteiger partial charge is 0.253 e. The highest BCUT2D eigenvalue weighted by atomic mass is 35.5. The number of aryl methyl sites for hydroxylation is 1. The number of imidazole rings is 1. The van der Waals surface area contributed by atoms with Crippen LogP contribution in [0.3, 0.4) is 0 Å². The average Bonchev–Trinajstić information content (AvgIpc) is 3.15. The van der Waals surface area contributed by atoms with E-state index in [-0.39, 0.29) is 5.91 Å². The quantitative estimate of drug-likeness (QED) is 0.405. The van der Waals surface area contributed by atoms with Crippen LogP contribution in [0.1, 0.15) is 47.2 Å². The number of rotatable bonds is 8. The molecule has 0 spiro atoms. The first-order valence-corrected chi connectivity index (χ1v) is 10.9. The van der Waals surface area contributed by atoms with E-state index >= 15 is 0 Å². The van der Waals surface area contributed by atoms with Gasteiger partial charge in [0.2, 0.25) is 0 Å². The molecule has 31 heavy (non-hydrogen) atoms. The Hall–Kier alpha value is -3.18. The number of fused-ring (bicyclic) bond motifs is 1. The first-order chi connectivity index (χ1) is 15.2. The van der Waals surface area contributed by atoms with Gasteiger partial charge in [-0.25, -0.2) is 4.98 Å². The maximum atomic E-state index is 13.1. The van der Waals surface area contributed by atoms with Gasteiger partial charge in [0.25, 0.3) is 5.91 Å². The normalized spacial score (nSPS) is 11.0. The molecule has 4 aromatic rings. The molecule has 0 saturated heterocycles. The average molecular weight is 433 g/mol. The molecule has 0 bridgehead atoms. The van der Waals surface area contributed by atoms with E-state index < -0.39 is 0 Å². The molecule has 4 rings (SSSR count). The van der Waals surface area contributed by atoms with E-state index in [1.807, 2.05) is 60.7 Å². The number of halogens is 1. The van der Waals surface area contributed by atoms with Gasteiger partial charge in [-0.3, -0.25) is 9.78 Å². The van der Waals surface area contributed by atoms with Gasteiger partial charge in [-0.1, -0.05) is 55.3 Å². The highest BCUT2D eigenvalue weighted by Gasteiger charge is 2.19. The lowest BCUT2D eigenvalue weighted by atomic mass is 10.1. The van der Waals surface area contributed by atoms with Crippen LogP contribution in [0.25, 0.3) is 11.0 Å². The molecule has 6 heteroatoms. The van der Waals surface area contributed by atoms with Crippen molar-refractivity contribution < 1.29 is 4.79 Å². The van der Waals surface area contributed by atoms with E-state index in [0.29, 0.717) is 23.7 Å². The lowest BCUT2D eigenvalue weighted by Gasteiger charge is -2.13. The van der Waals surface area contributed by atoms with Crippen LogP contribution in [0.4, 0.5) is 0 Å². The molecular formula is C25H25ClN4O. The molecule has 158 valence electrons. The summed E-state index contributed by atoms with van der Waals surface area (Å²) in [6.45, 7) is 3.11. The van der Waals surface area contributed by atoms with E-state index in [1.54, 1.807) is 6.20 Å². The minimum absolute atomic E-state index is 0.140. The van der Waals surface area contributed by atoms with Crippen molar-refractivity contribution in [2.45, 2.75) is 39.3 Å². The summed E-state index contributed by atoms with van der Waals surface area (Å²) in [6.07, 6.45) is 4.69. The van der Waals surface area contributed by atoms with Crippen molar-refractivity contribution in [3.05, 3.63) is 94.5 Å². The van der Waals surface area contributed by atoms with Gasteiger partial charge in [0, 0.05) is 17.6 Å². The number of nitrogens with one attached hydrogen (secondary N) is 1. The second-order valence-corrected chi connectivity index (χ2v) is 7.89. The predicted octanol–water partition coefficient (Wildman–Crippen LogP) is 5.41. The van der Waals surface area contributed by atoms with Gasteiger partial charge in [-0.15, -0.1) is 0 Å². The molecule has 0 radical (unpaired) electrons. The molecular weight excluding hydrogens is 408 g/mol. The Morgan fingerprint density at radius 2 is 1.90 bits per heavy atom. The lowest BCUT2D eigenvalue weighted by Crippen LogP contribution is -2.24. The summed E-state index contributed by atoms with van der Waals surface area (Å²) in [7, 11) is 0. The number of carbonyl (C=O) groups is 1. The van der Waals surface area contributed by atoms with Crippen molar-refractivity contribution in [2.75, 3.05) is 0 Å². The molecule has 0 aliphatic heterocycles. The summed E-state index contributed by atoms with van der Waals surface area (Å²) in [5, 5.41) is 3.70. The molecule has 1 N–H and O–H groups in total. The second-order valence-electron chi connectivity index (χ2n) is 7.49. The van der Waals surface area contributed by atoms with Gasteiger partial charge < -0.3 is 9.88 Å². The standard InChI is InChI=1S/C25H25ClN4O/c1-2-3-14-23-29-22-13-8-11-20(25(31)28-16-19-10-6-7-15-27-19)24(22)30(23)17-18-9-4-5-12-21(18)26/h4-13,15H,2-3,14,16-17H2,1H3,(H,28,31). The first kappa shape index (κ1) is 21.1. The van der Waals surface area contributed by atoms with Crippen LogP contribution in [0, 0.1) is 0 Å². The number of unbranched alkanes of at least 4 members (excludes halogenated alkanes) is 1. The van der Waals surface area contributed by atoms with Crippen molar-refractivity contribution >= 4 is 28.5 Å². The maximum absolute atomic E-state index is 13.1. The zero-order chi connectivity index (χ0) is 21.6. The monoisotopic (exact) mass is 432 g/mol. The molecule has 0 aliphatic carbocycles. The maximum Gasteiger partial charge on any atom is 0.253 e. The summed E-state index contributed by atoms with van der Waals surface area (Å²) in [4.78, 5) is 22.3. The number of nitrogens with zero attached hydrogens (tertiary/aromatic N) is 3. The number of hydrogen-bond acceptors (Lipinski definition) is 3. The minimum atomic E-state index is -0.140. The number of hydrogen-bond donors (Lipinski definition) is 1. The number of benzene rings is 2. The fourth-order valence-corrected chi connectivity index (χ4v) is 3.87. The minimum Gasteiger partial charge on any atom is -0.346 e. The Morgan fingerprint density at radius 1 is 1.06 bits per heavy atom. The van der Waals surface area contributed by atoms with Gasteiger partial charge in [0.15, 0.2) is 0 Å². The van der Waals surface area contributed by atoms with Crippen LogP contribution >= 0.6 is 11.6 Å². The Kier molecular flexibility index (Phi) is 6.63. The van der Waals surface area contributed by atoms with Crippen LogP contribution in [-0.2, 0) is 19.5 Å². The third-order valence-corrected chi connectivity index (χ3v) is 5.66. The number of carbonyl (C=O) groups excluding carboxylic acids is 1. The zero-order valence-corrected chi connectivity index (χ0v) is 18.3. The van der Waals surface area contributed by atoms with Crippen LogP contribution in [0.5, 0.6) is 0 Å². The van der Waals surface area contributed by atoms with Crippen LogP contribution in [0.2, 0.25) is 5.02 Å². The van der Waals surface area contributed by atoms with Gasteiger partial charge in [0.05, 0.1) is 35.4 Å². The highest BCUT2D eigenvalue weighted by Crippen LogP contribution is 2.25. The van der Waals surface area contributed by atoms with Gasteiger partial charge in [-0.2, -0.15) is 0 Å². The highest BCUT2D eigenvalue weighted by molar-refractivity contribution is 6.31. The zero-order valence-electron chi connectivity index (χ0n) is 17.5. The Bertz CT molecular complexity index is 1190. The molecule has 2 heterocycles. The molecule has 0 atom stereocenters. The molecule has 0 unspecified atom stereocenters. The van der Waals surface area contributed by atoms with Crippen molar-refractivity contribution in [3.8, 4) is 0 Å². The Labute approximate surface area is 187 Å².